The summed E-state index contributed by atoms with van der Waals surface area (Å²) in [6.45, 7) is 2.84. The first-order valence-electron chi connectivity index (χ1n) is 7.76. The van der Waals surface area contributed by atoms with Crippen molar-refractivity contribution in [1.82, 2.24) is 5.32 Å². The van der Waals surface area contributed by atoms with E-state index in [1.54, 1.807) is 7.11 Å². The number of hydrogen-bond acceptors (Lipinski definition) is 3. The maximum atomic E-state index is 12.1. The molecule has 1 aliphatic carbocycles. The highest BCUT2D eigenvalue weighted by Gasteiger charge is 2.36. The summed E-state index contributed by atoms with van der Waals surface area (Å²) in [6, 6.07) is 8.09. The third kappa shape index (κ3) is 3.97. The minimum absolute atomic E-state index is 0.0157. The standard InChI is InChI=1S/C17H26N2O2/c1-13(14-5-7-15(21-2)8-6-14)9-12-19-16(20)17(18)10-3-4-11-17/h5-8,13H,3-4,9-12,18H2,1-2H3,(H,19,20). The van der Waals surface area contributed by atoms with Gasteiger partial charge in [0.05, 0.1) is 12.6 Å². The number of methoxy groups -OCH3 is 1. The second-order valence-electron chi connectivity index (χ2n) is 6.08. The molecular weight excluding hydrogens is 264 g/mol. The smallest absolute Gasteiger partial charge is 0.240 e. The summed E-state index contributed by atoms with van der Waals surface area (Å²) >= 11 is 0. The quantitative estimate of drug-likeness (QED) is 0.846. The van der Waals surface area contributed by atoms with Gasteiger partial charge in [-0.3, -0.25) is 4.79 Å². The van der Waals surface area contributed by atoms with Gasteiger partial charge in [-0.15, -0.1) is 0 Å². The predicted octanol–water partition coefficient (Wildman–Crippen LogP) is 2.58. The van der Waals surface area contributed by atoms with Crippen LogP contribution in [0.15, 0.2) is 24.3 Å². The van der Waals surface area contributed by atoms with Gasteiger partial charge in [0.2, 0.25) is 5.91 Å². The molecule has 0 radical (unpaired) electrons. The third-order valence-electron chi connectivity index (χ3n) is 4.50. The number of carbonyl (C=O) groups is 1. The highest BCUT2D eigenvalue weighted by molar-refractivity contribution is 5.86. The molecule has 3 N–H and O–H groups in total. The molecule has 2 rings (SSSR count). The average molecular weight is 290 g/mol. The van der Waals surface area contributed by atoms with Crippen LogP contribution in [0.5, 0.6) is 5.75 Å². The van der Waals surface area contributed by atoms with Gasteiger partial charge in [-0.1, -0.05) is 31.9 Å². The zero-order valence-electron chi connectivity index (χ0n) is 13.0. The van der Waals surface area contributed by atoms with Gasteiger partial charge in [-0.2, -0.15) is 0 Å². The van der Waals surface area contributed by atoms with Crippen LogP contribution < -0.4 is 15.8 Å². The van der Waals surface area contributed by atoms with Crippen LogP contribution in [0.1, 0.15) is 50.5 Å². The van der Waals surface area contributed by atoms with E-state index < -0.39 is 5.54 Å². The molecule has 0 saturated heterocycles. The summed E-state index contributed by atoms with van der Waals surface area (Å²) in [7, 11) is 1.67. The van der Waals surface area contributed by atoms with Gasteiger partial charge in [0.1, 0.15) is 5.75 Å². The normalized spacial score (nSPS) is 18.2. The minimum atomic E-state index is -0.622. The first-order valence-corrected chi connectivity index (χ1v) is 7.76. The van der Waals surface area contributed by atoms with Gasteiger partial charge < -0.3 is 15.8 Å². The van der Waals surface area contributed by atoms with Crippen molar-refractivity contribution in [3.05, 3.63) is 29.8 Å². The molecule has 116 valence electrons. The highest BCUT2D eigenvalue weighted by atomic mass is 16.5. The third-order valence-corrected chi connectivity index (χ3v) is 4.50. The lowest BCUT2D eigenvalue weighted by Crippen LogP contribution is -2.52. The second kappa shape index (κ2) is 6.94. The van der Waals surface area contributed by atoms with Crippen molar-refractivity contribution in [3.8, 4) is 5.75 Å². The fourth-order valence-electron chi connectivity index (χ4n) is 2.91. The summed E-state index contributed by atoms with van der Waals surface area (Å²) in [5.41, 5.74) is 6.77. The molecule has 1 unspecified atom stereocenters. The van der Waals surface area contributed by atoms with E-state index >= 15 is 0 Å². The van der Waals surface area contributed by atoms with Crippen LogP contribution >= 0.6 is 0 Å². The topological polar surface area (TPSA) is 64.3 Å². The van der Waals surface area contributed by atoms with E-state index in [4.69, 9.17) is 10.5 Å². The molecule has 0 aromatic heterocycles. The molecule has 4 heteroatoms. The molecule has 1 aliphatic rings. The van der Waals surface area contributed by atoms with Crippen molar-refractivity contribution in [2.75, 3.05) is 13.7 Å². The Hall–Kier alpha value is -1.55. The first-order chi connectivity index (χ1) is 10.0. The highest BCUT2D eigenvalue weighted by Crippen LogP contribution is 2.27. The maximum Gasteiger partial charge on any atom is 0.240 e. The van der Waals surface area contributed by atoms with E-state index in [0.717, 1.165) is 37.9 Å². The molecule has 21 heavy (non-hydrogen) atoms. The fraction of sp³-hybridized carbons (Fsp3) is 0.588. The lowest BCUT2D eigenvalue weighted by molar-refractivity contribution is -0.126. The number of carbonyl (C=O) groups excluding carboxylic acids is 1. The van der Waals surface area contributed by atoms with E-state index in [1.165, 1.54) is 5.56 Å². The van der Waals surface area contributed by atoms with Crippen LogP contribution in [0, 0.1) is 0 Å². The molecule has 0 bridgehead atoms. The Balaban J connectivity index is 1.78. The van der Waals surface area contributed by atoms with E-state index in [9.17, 15) is 4.79 Å². The lowest BCUT2D eigenvalue weighted by Gasteiger charge is -2.23. The first kappa shape index (κ1) is 15.8. The van der Waals surface area contributed by atoms with Crippen LogP contribution in [0.2, 0.25) is 0 Å². The Kier molecular flexibility index (Phi) is 5.23. The van der Waals surface area contributed by atoms with Crippen molar-refractivity contribution in [1.29, 1.82) is 0 Å². The van der Waals surface area contributed by atoms with Crippen molar-refractivity contribution in [2.45, 2.75) is 50.5 Å². The van der Waals surface area contributed by atoms with Gasteiger partial charge in [-0.05, 0) is 42.9 Å². The van der Waals surface area contributed by atoms with Crippen LogP contribution in [0.3, 0.4) is 0 Å². The Morgan fingerprint density at radius 1 is 1.33 bits per heavy atom. The number of ether oxygens (including phenoxy) is 1. The SMILES string of the molecule is COc1ccc(C(C)CCNC(=O)C2(N)CCCC2)cc1. The molecule has 0 heterocycles. The number of nitrogens with two attached hydrogens (primary N) is 1. The van der Waals surface area contributed by atoms with Crippen molar-refractivity contribution in [2.24, 2.45) is 5.73 Å². The maximum absolute atomic E-state index is 12.1. The average Bonchev–Trinajstić information content (AvgIpc) is 2.95. The minimum Gasteiger partial charge on any atom is -0.497 e. The summed E-state index contributed by atoms with van der Waals surface area (Å²) in [5.74, 6) is 1.28. The second-order valence-corrected chi connectivity index (χ2v) is 6.08. The van der Waals surface area contributed by atoms with E-state index in [2.05, 4.69) is 24.4 Å². The van der Waals surface area contributed by atoms with Gasteiger partial charge >= 0.3 is 0 Å². The Labute approximate surface area is 127 Å². The molecular formula is C17H26N2O2. The van der Waals surface area contributed by atoms with Gasteiger partial charge in [0, 0.05) is 6.54 Å². The number of nitrogens with one attached hydrogen (secondary N) is 1. The van der Waals surface area contributed by atoms with E-state index in [1.807, 2.05) is 12.1 Å². The lowest BCUT2D eigenvalue weighted by atomic mass is 9.96. The van der Waals surface area contributed by atoms with E-state index in [0.29, 0.717) is 12.5 Å². The predicted molar refractivity (Wildman–Crippen MR) is 84.4 cm³/mol. The molecule has 1 atom stereocenters. The molecule has 1 aromatic rings. The zero-order valence-corrected chi connectivity index (χ0v) is 13.0. The van der Waals surface area contributed by atoms with Gasteiger partial charge in [0.25, 0.3) is 0 Å². The summed E-state index contributed by atoms with van der Waals surface area (Å²) in [4.78, 5) is 12.1. The molecule has 1 saturated carbocycles. The Bertz CT molecular complexity index is 464. The zero-order chi connectivity index (χ0) is 15.3. The number of rotatable bonds is 6. The number of benzene rings is 1. The largest absolute Gasteiger partial charge is 0.497 e. The van der Waals surface area contributed by atoms with Crippen molar-refractivity contribution in [3.63, 3.8) is 0 Å². The van der Waals surface area contributed by atoms with Crippen molar-refractivity contribution >= 4 is 5.91 Å². The summed E-state index contributed by atoms with van der Waals surface area (Å²) in [5, 5.41) is 3.00. The van der Waals surface area contributed by atoms with Crippen molar-refractivity contribution < 1.29 is 9.53 Å². The van der Waals surface area contributed by atoms with Crippen LogP contribution in [-0.2, 0) is 4.79 Å². The number of hydrogen-bond donors (Lipinski definition) is 2. The summed E-state index contributed by atoms with van der Waals surface area (Å²) < 4.78 is 5.16. The molecule has 1 fully saturated rings. The van der Waals surface area contributed by atoms with Gasteiger partial charge in [0.15, 0.2) is 0 Å². The van der Waals surface area contributed by atoms with Crippen LogP contribution in [0.25, 0.3) is 0 Å². The van der Waals surface area contributed by atoms with Crippen LogP contribution in [0.4, 0.5) is 0 Å². The number of amides is 1. The van der Waals surface area contributed by atoms with Gasteiger partial charge in [-0.25, -0.2) is 0 Å². The Morgan fingerprint density at radius 2 is 1.95 bits per heavy atom. The molecule has 1 aromatic carbocycles. The summed E-state index contributed by atoms with van der Waals surface area (Å²) in [6.07, 6.45) is 4.66. The Morgan fingerprint density at radius 3 is 2.52 bits per heavy atom. The molecule has 0 spiro atoms. The van der Waals surface area contributed by atoms with Crippen LogP contribution in [-0.4, -0.2) is 25.1 Å². The molecule has 4 nitrogen and oxygen atoms in total. The van der Waals surface area contributed by atoms with E-state index in [-0.39, 0.29) is 5.91 Å². The fourth-order valence-corrected chi connectivity index (χ4v) is 2.91. The molecule has 1 amide bonds. The molecule has 0 aliphatic heterocycles. The monoisotopic (exact) mass is 290 g/mol.